The maximum Gasteiger partial charge on any atom is 0.191 e. The molecule has 3 aromatic rings. The average Bonchev–Trinajstić information content (AvgIpc) is 3.14. The number of imidazole rings is 1. The van der Waals surface area contributed by atoms with E-state index in [-0.39, 0.29) is 24.0 Å². The summed E-state index contributed by atoms with van der Waals surface area (Å²) in [6.45, 7) is 5.16. The highest BCUT2D eigenvalue weighted by atomic mass is 127. The van der Waals surface area contributed by atoms with E-state index in [1.807, 2.05) is 48.5 Å². The van der Waals surface area contributed by atoms with Gasteiger partial charge in [-0.1, -0.05) is 30.3 Å². The molecule has 0 radical (unpaired) electrons. The summed E-state index contributed by atoms with van der Waals surface area (Å²) in [6.07, 6.45) is 2.78. The lowest BCUT2D eigenvalue weighted by Crippen LogP contribution is -2.38. The number of aromatic nitrogens is 2. The molecule has 7 heteroatoms. The van der Waals surface area contributed by atoms with Gasteiger partial charge in [0.15, 0.2) is 5.96 Å². The highest BCUT2D eigenvalue weighted by Gasteiger charge is 2.02. The van der Waals surface area contributed by atoms with Crippen LogP contribution < -0.4 is 15.4 Å². The van der Waals surface area contributed by atoms with Gasteiger partial charge in [0.2, 0.25) is 0 Å². The maximum atomic E-state index is 5.70. The van der Waals surface area contributed by atoms with Gasteiger partial charge in [0.05, 0.1) is 17.6 Å². The van der Waals surface area contributed by atoms with Crippen molar-refractivity contribution in [3.05, 3.63) is 60.4 Å². The van der Waals surface area contributed by atoms with Crippen LogP contribution in [0.3, 0.4) is 0 Å². The molecule has 0 spiro atoms. The van der Waals surface area contributed by atoms with Gasteiger partial charge >= 0.3 is 0 Å². The number of benzene rings is 2. The van der Waals surface area contributed by atoms with Crippen molar-refractivity contribution in [1.29, 1.82) is 0 Å². The molecule has 2 aromatic carbocycles. The van der Waals surface area contributed by atoms with Crippen LogP contribution in [0.15, 0.2) is 59.6 Å². The smallest absolute Gasteiger partial charge is 0.191 e. The van der Waals surface area contributed by atoms with Crippen molar-refractivity contribution >= 4 is 41.0 Å². The number of fused-ring (bicyclic) bond motifs is 1. The van der Waals surface area contributed by atoms with Gasteiger partial charge in [-0.05, 0) is 37.6 Å². The lowest BCUT2D eigenvalue weighted by atomic mass is 10.3. The quantitative estimate of drug-likeness (QED) is 0.167. The predicted octanol–water partition coefficient (Wildman–Crippen LogP) is 4.14. The van der Waals surface area contributed by atoms with E-state index < -0.39 is 0 Å². The lowest BCUT2D eigenvalue weighted by molar-refractivity contribution is 0.313. The Kier molecular flexibility index (Phi) is 10.3. The van der Waals surface area contributed by atoms with Gasteiger partial charge in [-0.2, -0.15) is 0 Å². The molecule has 0 aliphatic heterocycles. The summed E-state index contributed by atoms with van der Waals surface area (Å²) in [5.74, 6) is 2.79. The minimum atomic E-state index is 0. The first-order valence-corrected chi connectivity index (χ1v) is 9.99. The number of nitrogens with one attached hydrogen (secondary N) is 3. The summed E-state index contributed by atoms with van der Waals surface area (Å²) in [7, 11) is 0. The fourth-order valence-corrected chi connectivity index (χ4v) is 2.89. The number of H-pyrrole nitrogens is 1. The highest BCUT2D eigenvalue weighted by Crippen LogP contribution is 2.11. The minimum Gasteiger partial charge on any atom is -0.494 e. The van der Waals surface area contributed by atoms with E-state index in [9.17, 15) is 0 Å². The number of hydrogen-bond donors (Lipinski definition) is 3. The number of para-hydroxylation sites is 3. The Morgan fingerprint density at radius 3 is 2.62 bits per heavy atom. The first kappa shape index (κ1) is 23.0. The minimum absolute atomic E-state index is 0. The van der Waals surface area contributed by atoms with Crippen molar-refractivity contribution < 1.29 is 4.74 Å². The van der Waals surface area contributed by atoms with Crippen molar-refractivity contribution in [3.63, 3.8) is 0 Å². The Labute approximate surface area is 189 Å². The summed E-state index contributed by atoms with van der Waals surface area (Å²) in [4.78, 5) is 12.6. The molecule has 0 aliphatic carbocycles. The normalized spacial score (nSPS) is 11.1. The second-order valence-electron chi connectivity index (χ2n) is 6.51. The zero-order valence-corrected chi connectivity index (χ0v) is 19.2. The molecule has 6 nitrogen and oxygen atoms in total. The maximum absolute atomic E-state index is 5.70. The Morgan fingerprint density at radius 2 is 1.83 bits per heavy atom. The van der Waals surface area contributed by atoms with Gasteiger partial charge in [0.1, 0.15) is 11.6 Å². The molecule has 0 atom stereocenters. The monoisotopic (exact) mass is 507 g/mol. The summed E-state index contributed by atoms with van der Waals surface area (Å²) in [5, 5.41) is 6.68. The average molecular weight is 507 g/mol. The number of aryl methyl sites for hydroxylation is 1. The SMILES string of the molecule is CCNC(=NCCCOc1ccccc1)NCCCc1nc2ccccc2[nH]1.I. The van der Waals surface area contributed by atoms with Crippen molar-refractivity contribution in [2.75, 3.05) is 26.2 Å². The molecule has 156 valence electrons. The molecule has 0 bridgehead atoms. The van der Waals surface area contributed by atoms with Crippen LogP contribution in [0, 0.1) is 0 Å². The van der Waals surface area contributed by atoms with E-state index in [0.717, 1.165) is 67.5 Å². The Morgan fingerprint density at radius 1 is 1.03 bits per heavy atom. The Hall–Kier alpha value is -2.29. The van der Waals surface area contributed by atoms with Crippen LogP contribution in [-0.2, 0) is 6.42 Å². The van der Waals surface area contributed by atoms with Gasteiger partial charge in [0.25, 0.3) is 0 Å². The van der Waals surface area contributed by atoms with Gasteiger partial charge in [0, 0.05) is 32.5 Å². The lowest BCUT2D eigenvalue weighted by Gasteiger charge is -2.11. The molecule has 1 heterocycles. The number of ether oxygens (including phenoxy) is 1. The van der Waals surface area contributed by atoms with Crippen LogP contribution in [0.4, 0.5) is 0 Å². The van der Waals surface area contributed by atoms with Crippen molar-refractivity contribution in [1.82, 2.24) is 20.6 Å². The molecular weight excluding hydrogens is 477 g/mol. The fourth-order valence-electron chi connectivity index (χ4n) is 2.89. The van der Waals surface area contributed by atoms with Gasteiger partial charge in [-0.15, -0.1) is 24.0 Å². The topological polar surface area (TPSA) is 74.3 Å². The second kappa shape index (κ2) is 13.0. The van der Waals surface area contributed by atoms with Crippen LogP contribution in [0.2, 0.25) is 0 Å². The standard InChI is InChI=1S/C22H29N5O.HI/c1-2-23-22(25-16-9-17-28-18-10-4-3-5-11-18)24-15-8-14-21-26-19-12-6-7-13-20(19)27-21;/h3-7,10-13H,2,8-9,14-17H2,1H3,(H,26,27)(H2,23,24,25);1H. The Bertz CT molecular complexity index is 833. The van der Waals surface area contributed by atoms with Crippen molar-refractivity contribution in [2.45, 2.75) is 26.2 Å². The molecule has 0 saturated carbocycles. The Balaban J connectivity index is 0.00000300. The molecule has 3 rings (SSSR count). The number of hydrogen-bond acceptors (Lipinski definition) is 3. The highest BCUT2D eigenvalue weighted by molar-refractivity contribution is 14.0. The largest absolute Gasteiger partial charge is 0.494 e. The third-order valence-corrected chi connectivity index (χ3v) is 4.25. The zero-order valence-electron chi connectivity index (χ0n) is 16.9. The van der Waals surface area contributed by atoms with Gasteiger partial charge in [-0.25, -0.2) is 4.98 Å². The molecule has 3 N–H and O–H groups in total. The second-order valence-corrected chi connectivity index (χ2v) is 6.51. The number of halogens is 1. The van der Waals surface area contributed by atoms with Gasteiger partial charge < -0.3 is 20.4 Å². The van der Waals surface area contributed by atoms with E-state index in [0.29, 0.717) is 6.61 Å². The summed E-state index contributed by atoms with van der Waals surface area (Å²) < 4.78 is 5.70. The number of aliphatic imine (C=N–C) groups is 1. The van der Waals surface area contributed by atoms with E-state index in [4.69, 9.17) is 4.74 Å². The first-order chi connectivity index (χ1) is 13.8. The molecule has 0 amide bonds. The third-order valence-electron chi connectivity index (χ3n) is 4.25. The van der Waals surface area contributed by atoms with E-state index in [2.05, 4.69) is 38.6 Å². The number of nitrogens with zero attached hydrogens (tertiary/aromatic N) is 2. The molecule has 0 unspecified atom stereocenters. The summed E-state index contributed by atoms with van der Waals surface area (Å²) >= 11 is 0. The molecule has 0 aliphatic rings. The first-order valence-electron chi connectivity index (χ1n) is 9.99. The van der Waals surface area contributed by atoms with Crippen molar-refractivity contribution in [3.8, 4) is 5.75 Å². The number of aromatic amines is 1. The van der Waals surface area contributed by atoms with E-state index in [1.54, 1.807) is 0 Å². The number of guanidine groups is 1. The zero-order chi connectivity index (χ0) is 19.4. The van der Waals surface area contributed by atoms with Crippen LogP contribution >= 0.6 is 24.0 Å². The molecule has 29 heavy (non-hydrogen) atoms. The number of rotatable bonds is 10. The van der Waals surface area contributed by atoms with Crippen LogP contribution in [0.1, 0.15) is 25.6 Å². The predicted molar refractivity (Wildman–Crippen MR) is 130 cm³/mol. The molecule has 1 aromatic heterocycles. The molecule has 0 saturated heterocycles. The molecular formula is C22H30IN5O. The molecule has 0 fully saturated rings. The fraction of sp³-hybridized carbons (Fsp3) is 0.364. The van der Waals surface area contributed by atoms with Crippen LogP contribution in [0.5, 0.6) is 5.75 Å². The van der Waals surface area contributed by atoms with Crippen molar-refractivity contribution in [2.24, 2.45) is 4.99 Å². The third kappa shape index (κ3) is 7.92. The van der Waals surface area contributed by atoms with Crippen LogP contribution in [-0.4, -0.2) is 42.2 Å². The van der Waals surface area contributed by atoms with E-state index >= 15 is 0 Å². The van der Waals surface area contributed by atoms with E-state index in [1.165, 1.54) is 0 Å². The summed E-state index contributed by atoms with van der Waals surface area (Å²) in [5.41, 5.74) is 2.12. The summed E-state index contributed by atoms with van der Waals surface area (Å²) in [6, 6.07) is 18.0. The van der Waals surface area contributed by atoms with Gasteiger partial charge in [-0.3, -0.25) is 4.99 Å². The van der Waals surface area contributed by atoms with Crippen LogP contribution in [0.25, 0.3) is 11.0 Å².